The quantitative estimate of drug-likeness (QED) is 0.291. The first-order valence-corrected chi connectivity index (χ1v) is 9.50. The smallest absolute Gasteiger partial charge is 0.284 e. The van der Waals surface area contributed by atoms with Gasteiger partial charge in [-0.25, -0.2) is 0 Å². The van der Waals surface area contributed by atoms with Gasteiger partial charge in [0.25, 0.3) is 5.69 Å². The number of rotatable bonds is 4. The summed E-state index contributed by atoms with van der Waals surface area (Å²) in [5.74, 6) is 0. The van der Waals surface area contributed by atoms with Gasteiger partial charge in [0.15, 0.2) is 0 Å². The van der Waals surface area contributed by atoms with Crippen molar-refractivity contribution in [2.45, 2.75) is 9.79 Å². The number of nitrogens with zero attached hydrogens (tertiary/aromatic N) is 2. The molecule has 0 saturated heterocycles. The summed E-state index contributed by atoms with van der Waals surface area (Å²) in [6, 6.07) is 22.9. The lowest BCUT2D eigenvalue weighted by atomic mass is 10.1. The first-order valence-electron chi connectivity index (χ1n) is 8.31. The zero-order valence-corrected chi connectivity index (χ0v) is 16.0. The maximum Gasteiger partial charge on any atom is 0.284 e. The molecule has 0 spiro atoms. The number of fused-ring (bicyclic) bond motifs is 1. The van der Waals surface area contributed by atoms with Gasteiger partial charge >= 0.3 is 0 Å². The van der Waals surface area contributed by atoms with E-state index in [1.54, 1.807) is 12.1 Å². The lowest BCUT2D eigenvalue weighted by Gasteiger charge is -2.09. The van der Waals surface area contributed by atoms with Gasteiger partial charge in [0.1, 0.15) is 0 Å². The van der Waals surface area contributed by atoms with Gasteiger partial charge in [0, 0.05) is 33.9 Å². The first kappa shape index (κ1) is 17.6. The summed E-state index contributed by atoms with van der Waals surface area (Å²) in [5, 5.41) is 12.9. The minimum atomic E-state index is -0.387. The maximum absolute atomic E-state index is 11.5. The SMILES string of the molecule is Cn1c(-c2ccccc2)c(Sc2ccc(Cl)cc2[N+](=O)[O-])c2ccccc21. The number of aromatic nitrogens is 1. The Kier molecular flexibility index (Phi) is 4.64. The zero-order valence-electron chi connectivity index (χ0n) is 14.4. The molecule has 1 heterocycles. The van der Waals surface area contributed by atoms with Crippen molar-refractivity contribution in [1.29, 1.82) is 0 Å². The highest BCUT2D eigenvalue weighted by Gasteiger charge is 2.22. The fraction of sp³-hybridized carbons (Fsp3) is 0.0476. The molecule has 134 valence electrons. The van der Waals surface area contributed by atoms with Gasteiger partial charge in [-0.2, -0.15) is 0 Å². The van der Waals surface area contributed by atoms with Crippen molar-refractivity contribution in [2.75, 3.05) is 0 Å². The molecule has 4 nitrogen and oxygen atoms in total. The van der Waals surface area contributed by atoms with Crippen molar-refractivity contribution < 1.29 is 4.92 Å². The van der Waals surface area contributed by atoms with Crippen LogP contribution in [-0.4, -0.2) is 9.49 Å². The number of nitro benzene ring substituents is 1. The molecule has 0 atom stereocenters. The molecule has 0 bridgehead atoms. The number of halogens is 1. The normalized spacial score (nSPS) is 11.0. The van der Waals surface area contributed by atoms with Gasteiger partial charge in [0.05, 0.1) is 15.5 Å². The Labute approximate surface area is 165 Å². The molecule has 0 fully saturated rings. The Bertz CT molecular complexity index is 1160. The molecule has 4 rings (SSSR count). The minimum Gasteiger partial charge on any atom is -0.343 e. The van der Waals surface area contributed by atoms with Crippen LogP contribution < -0.4 is 0 Å². The van der Waals surface area contributed by atoms with Crippen molar-refractivity contribution in [3.63, 3.8) is 0 Å². The second kappa shape index (κ2) is 7.10. The van der Waals surface area contributed by atoms with Crippen molar-refractivity contribution in [3.05, 3.63) is 87.9 Å². The lowest BCUT2D eigenvalue weighted by Crippen LogP contribution is -1.93. The third-order valence-electron chi connectivity index (χ3n) is 4.44. The minimum absolute atomic E-state index is 0.0134. The number of aryl methyl sites for hydroxylation is 1. The van der Waals surface area contributed by atoms with Crippen LogP contribution in [0.2, 0.25) is 5.02 Å². The van der Waals surface area contributed by atoms with Crippen molar-refractivity contribution in [1.82, 2.24) is 4.57 Å². The molecular formula is C21H15ClN2O2S. The Morgan fingerprint density at radius 3 is 2.44 bits per heavy atom. The Morgan fingerprint density at radius 2 is 1.70 bits per heavy atom. The largest absolute Gasteiger partial charge is 0.343 e. The highest BCUT2D eigenvalue weighted by Crippen LogP contribution is 2.45. The van der Waals surface area contributed by atoms with Gasteiger partial charge in [-0.15, -0.1) is 0 Å². The molecule has 1 aromatic heterocycles. The summed E-state index contributed by atoms with van der Waals surface area (Å²) in [5.41, 5.74) is 3.19. The molecule has 0 N–H and O–H groups in total. The van der Waals surface area contributed by atoms with E-state index in [-0.39, 0.29) is 10.6 Å². The molecule has 0 radical (unpaired) electrons. The summed E-state index contributed by atoms with van der Waals surface area (Å²) in [7, 11) is 2.02. The number of hydrogen-bond donors (Lipinski definition) is 0. The third kappa shape index (κ3) is 3.20. The van der Waals surface area contributed by atoms with Crippen LogP contribution in [0.3, 0.4) is 0 Å². The highest BCUT2D eigenvalue weighted by molar-refractivity contribution is 7.99. The topological polar surface area (TPSA) is 48.1 Å². The molecule has 3 aromatic carbocycles. The van der Waals surface area contributed by atoms with Crippen LogP contribution in [0, 0.1) is 10.1 Å². The highest BCUT2D eigenvalue weighted by atomic mass is 35.5. The molecule has 0 aliphatic rings. The predicted molar refractivity (Wildman–Crippen MR) is 111 cm³/mol. The van der Waals surface area contributed by atoms with Crippen molar-refractivity contribution in [3.8, 4) is 11.3 Å². The van der Waals surface area contributed by atoms with E-state index in [0.29, 0.717) is 9.92 Å². The summed E-state index contributed by atoms with van der Waals surface area (Å²) in [6.45, 7) is 0. The van der Waals surface area contributed by atoms with E-state index in [4.69, 9.17) is 11.6 Å². The van der Waals surface area contributed by atoms with Gasteiger partial charge in [0.2, 0.25) is 0 Å². The van der Waals surface area contributed by atoms with Crippen LogP contribution >= 0.6 is 23.4 Å². The standard InChI is InChI=1S/C21H15ClN2O2S/c1-23-17-10-6-5-9-16(17)21(20(23)14-7-3-2-4-8-14)27-19-12-11-15(22)13-18(19)24(25)26/h2-13H,1H3. The van der Waals surface area contributed by atoms with Crippen molar-refractivity contribution >= 4 is 40.0 Å². The summed E-state index contributed by atoms with van der Waals surface area (Å²) in [6.07, 6.45) is 0. The Morgan fingerprint density at radius 1 is 1.00 bits per heavy atom. The molecule has 0 saturated carbocycles. The summed E-state index contributed by atoms with van der Waals surface area (Å²) >= 11 is 7.37. The van der Waals surface area contributed by atoms with E-state index in [9.17, 15) is 10.1 Å². The maximum atomic E-state index is 11.5. The van der Waals surface area contributed by atoms with E-state index in [1.165, 1.54) is 17.8 Å². The summed E-state index contributed by atoms with van der Waals surface area (Å²) < 4.78 is 2.13. The zero-order chi connectivity index (χ0) is 19.0. The molecule has 4 aromatic rings. The average Bonchev–Trinajstić information content (AvgIpc) is 2.96. The van der Waals surface area contributed by atoms with Crippen LogP contribution in [0.1, 0.15) is 0 Å². The van der Waals surface area contributed by atoms with Crippen LogP contribution in [0.15, 0.2) is 82.6 Å². The molecule has 0 aliphatic heterocycles. The van der Waals surface area contributed by atoms with Gasteiger partial charge < -0.3 is 4.57 Å². The van der Waals surface area contributed by atoms with E-state index in [1.807, 2.05) is 43.4 Å². The Balaban J connectivity index is 1.96. The van der Waals surface area contributed by atoms with Crippen molar-refractivity contribution in [2.24, 2.45) is 7.05 Å². The number of benzene rings is 3. The van der Waals surface area contributed by atoms with Crippen LogP contribution in [-0.2, 0) is 7.05 Å². The molecule has 27 heavy (non-hydrogen) atoms. The van der Waals surface area contributed by atoms with Crippen LogP contribution in [0.4, 0.5) is 5.69 Å². The fourth-order valence-corrected chi connectivity index (χ4v) is 4.61. The van der Waals surface area contributed by atoms with Gasteiger partial charge in [-0.3, -0.25) is 10.1 Å². The number of nitro groups is 1. The lowest BCUT2D eigenvalue weighted by molar-refractivity contribution is -0.387. The van der Waals surface area contributed by atoms with Gasteiger partial charge in [-0.05, 0) is 23.8 Å². The van der Waals surface area contributed by atoms with Gasteiger partial charge in [-0.1, -0.05) is 71.9 Å². The van der Waals surface area contributed by atoms with E-state index < -0.39 is 0 Å². The van der Waals surface area contributed by atoms with Crippen LogP contribution in [0.25, 0.3) is 22.2 Å². The van der Waals surface area contributed by atoms with E-state index in [2.05, 4.69) is 22.8 Å². The average molecular weight is 395 g/mol. The molecular weight excluding hydrogens is 380 g/mol. The number of hydrogen-bond acceptors (Lipinski definition) is 3. The second-order valence-electron chi connectivity index (χ2n) is 6.09. The molecule has 0 unspecified atom stereocenters. The molecule has 0 aliphatic carbocycles. The van der Waals surface area contributed by atoms with Crippen LogP contribution in [0.5, 0.6) is 0 Å². The first-order chi connectivity index (χ1) is 13.1. The second-order valence-corrected chi connectivity index (χ2v) is 7.58. The van der Waals surface area contributed by atoms with E-state index >= 15 is 0 Å². The Hall–Kier alpha value is -2.76. The monoisotopic (exact) mass is 394 g/mol. The fourth-order valence-electron chi connectivity index (χ4n) is 3.21. The molecule has 6 heteroatoms. The number of para-hydroxylation sites is 1. The molecule has 0 amide bonds. The van der Waals surface area contributed by atoms with E-state index in [0.717, 1.165) is 27.1 Å². The third-order valence-corrected chi connectivity index (χ3v) is 5.86. The predicted octanol–water partition coefficient (Wildman–Crippen LogP) is 6.56. The summed E-state index contributed by atoms with van der Waals surface area (Å²) in [4.78, 5) is 12.7.